The quantitative estimate of drug-likeness (QED) is 0.867. The smallest absolute Gasteiger partial charge is 0.229 e. The fourth-order valence-electron chi connectivity index (χ4n) is 4.02. The lowest BCUT2D eigenvalue weighted by Gasteiger charge is -2.24. The first-order valence-corrected chi connectivity index (χ1v) is 9.01. The molecule has 0 saturated heterocycles. The van der Waals surface area contributed by atoms with Crippen molar-refractivity contribution in [3.05, 3.63) is 17.7 Å². The number of amides is 1. The lowest BCUT2D eigenvalue weighted by molar-refractivity contribution is -0.124. The number of rotatable bonds is 4. The number of nitrogens with zero attached hydrogens (tertiary/aromatic N) is 2. The molecule has 1 aromatic rings. The van der Waals surface area contributed by atoms with Crippen molar-refractivity contribution >= 4 is 5.91 Å². The van der Waals surface area contributed by atoms with Gasteiger partial charge in [0.25, 0.3) is 0 Å². The molecule has 1 aliphatic carbocycles. The van der Waals surface area contributed by atoms with E-state index >= 15 is 0 Å². The molecular weight excluding hydrogens is 274 g/mol. The average molecular weight is 303 g/mol. The number of nitrogens with one attached hydrogen (secondary N) is 1. The van der Waals surface area contributed by atoms with Gasteiger partial charge in [0.1, 0.15) is 0 Å². The van der Waals surface area contributed by atoms with Crippen LogP contribution in [0.15, 0.2) is 6.33 Å². The Hall–Kier alpha value is -1.32. The van der Waals surface area contributed by atoms with Crippen molar-refractivity contribution in [1.82, 2.24) is 14.9 Å². The zero-order chi connectivity index (χ0) is 15.5. The van der Waals surface area contributed by atoms with Crippen LogP contribution in [0, 0.1) is 5.92 Å². The number of fused-ring (bicyclic) bond motifs is 1. The van der Waals surface area contributed by atoms with Crippen LogP contribution in [0.1, 0.15) is 76.1 Å². The van der Waals surface area contributed by atoms with Crippen LogP contribution in [0.4, 0.5) is 0 Å². The molecule has 3 rings (SSSR count). The lowest BCUT2D eigenvalue weighted by atomic mass is 9.89. The van der Waals surface area contributed by atoms with E-state index < -0.39 is 0 Å². The third kappa shape index (κ3) is 3.21. The summed E-state index contributed by atoms with van der Waals surface area (Å²) in [5.41, 5.74) is 2.31. The van der Waals surface area contributed by atoms with Gasteiger partial charge in [-0.3, -0.25) is 4.79 Å². The van der Waals surface area contributed by atoms with Crippen molar-refractivity contribution in [3.63, 3.8) is 0 Å². The van der Waals surface area contributed by atoms with Gasteiger partial charge in [0.2, 0.25) is 5.91 Å². The fraction of sp³-hybridized carbons (Fsp3) is 0.778. The number of aryl methyl sites for hydroxylation is 1. The first-order chi connectivity index (χ1) is 10.7. The molecule has 0 aromatic carbocycles. The van der Waals surface area contributed by atoms with Gasteiger partial charge >= 0.3 is 0 Å². The van der Waals surface area contributed by atoms with Gasteiger partial charge in [0, 0.05) is 18.3 Å². The van der Waals surface area contributed by atoms with Crippen molar-refractivity contribution in [1.29, 1.82) is 0 Å². The first kappa shape index (κ1) is 15.6. The Kier molecular flexibility index (Phi) is 4.84. The summed E-state index contributed by atoms with van der Waals surface area (Å²) >= 11 is 0. The van der Waals surface area contributed by atoms with E-state index in [0.29, 0.717) is 6.04 Å². The van der Waals surface area contributed by atoms with E-state index in [0.717, 1.165) is 31.5 Å². The molecule has 1 unspecified atom stereocenters. The Labute approximate surface area is 133 Å². The molecule has 1 saturated carbocycles. The summed E-state index contributed by atoms with van der Waals surface area (Å²) in [7, 11) is 0. The predicted octanol–water partition coefficient (Wildman–Crippen LogP) is 3.41. The molecule has 0 spiro atoms. The van der Waals surface area contributed by atoms with Gasteiger partial charge in [-0.2, -0.15) is 0 Å². The minimum absolute atomic E-state index is 0.0994. The molecule has 1 aliphatic heterocycles. The van der Waals surface area contributed by atoms with Crippen molar-refractivity contribution in [2.24, 2.45) is 5.92 Å². The van der Waals surface area contributed by atoms with Crippen molar-refractivity contribution in [2.45, 2.75) is 83.7 Å². The second kappa shape index (κ2) is 6.84. The van der Waals surface area contributed by atoms with Gasteiger partial charge < -0.3 is 9.88 Å². The summed E-state index contributed by atoms with van der Waals surface area (Å²) in [5, 5.41) is 3.33. The number of carbonyl (C=O) groups excluding carboxylic acids is 1. The SMILES string of the molecule is CC(C)C(C(=O)NC1CCCCCC1)c1ncn2c1CCC2. The maximum Gasteiger partial charge on any atom is 0.229 e. The maximum atomic E-state index is 12.9. The second-order valence-electron chi connectivity index (χ2n) is 7.29. The van der Waals surface area contributed by atoms with Gasteiger partial charge in [-0.15, -0.1) is 0 Å². The molecule has 0 radical (unpaired) electrons. The van der Waals surface area contributed by atoms with Crippen LogP contribution in [-0.4, -0.2) is 21.5 Å². The zero-order valence-electron chi connectivity index (χ0n) is 14.0. The van der Waals surface area contributed by atoms with Crippen LogP contribution in [0.5, 0.6) is 0 Å². The van der Waals surface area contributed by atoms with E-state index in [1.54, 1.807) is 0 Å². The standard InChI is InChI=1S/C18H29N3O/c1-13(2)16(17-15-10-7-11-21(15)12-19-17)18(22)20-14-8-5-3-4-6-9-14/h12-14,16H,3-11H2,1-2H3,(H,20,22). The van der Waals surface area contributed by atoms with Crippen LogP contribution >= 0.6 is 0 Å². The van der Waals surface area contributed by atoms with Crippen LogP contribution in [0.2, 0.25) is 0 Å². The Morgan fingerprint density at radius 3 is 2.64 bits per heavy atom. The van der Waals surface area contributed by atoms with Crippen molar-refractivity contribution in [3.8, 4) is 0 Å². The highest BCUT2D eigenvalue weighted by molar-refractivity contribution is 5.84. The highest BCUT2D eigenvalue weighted by atomic mass is 16.2. The second-order valence-corrected chi connectivity index (χ2v) is 7.29. The Balaban J connectivity index is 1.74. The first-order valence-electron chi connectivity index (χ1n) is 9.01. The Bertz CT molecular complexity index is 512. The van der Waals surface area contributed by atoms with Crippen LogP contribution in [0.25, 0.3) is 0 Å². The number of aromatic nitrogens is 2. The van der Waals surface area contributed by atoms with Gasteiger partial charge in [-0.1, -0.05) is 39.5 Å². The summed E-state index contributed by atoms with van der Waals surface area (Å²) in [4.78, 5) is 17.5. The van der Waals surface area contributed by atoms with Crippen LogP contribution in [-0.2, 0) is 17.8 Å². The number of carbonyl (C=O) groups is 1. The van der Waals surface area contributed by atoms with E-state index in [1.165, 1.54) is 37.8 Å². The van der Waals surface area contributed by atoms with Crippen LogP contribution < -0.4 is 5.32 Å². The maximum absolute atomic E-state index is 12.9. The molecule has 22 heavy (non-hydrogen) atoms. The van der Waals surface area contributed by atoms with Gasteiger partial charge in [-0.05, 0) is 31.6 Å². The number of hydrogen-bond acceptors (Lipinski definition) is 2. The molecule has 1 fully saturated rings. The van der Waals surface area contributed by atoms with Gasteiger partial charge in [-0.25, -0.2) is 4.98 Å². The molecule has 4 heteroatoms. The lowest BCUT2D eigenvalue weighted by Crippen LogP contribution is -2.39. The van der Waals surface area contributed by atoms with E-state index in [9.17, 15) is 4.79 Å². The summed E-state index contributed by atoms with van der Waals surface area (Å²) in [5.74, 6) is 0.374. The molecule has 1 amide bonds. The third-order valence-corrected chi connectivity index (χ3v) is 5.24. The summed E-state index contributed by atoms with van der Waals surface area (Å²) in [6, 6.07) is 0.368. The minimum atomic E-state index is -0.0994. The van der Waals surface area contributed by atoms with E-state index in [4.69, 9.17) is 0 Å². The number of imidazole rings is 1. The monoisotopic (exact) mass is 303 g/mol. The molecule has 1 aromatic heterocycles. The normalized spacial score (nSPS) is 20.7. The predicted molar refractivity (Wildman–Crippen MR) is 87.8 cm³/mol. The summed E-state index contributed by atoms with van der Waals surface area (Å²) in [6.45, 7) is 5.33. The van der Waals surface area contributed by atoms with Crippen LogP contribution in [0.3, 0.4) is 0 Å². The topological polar surface area (TPSA) is 46.9 Å². The molecule has 2 aliphatic rings. The fourth-order valence-corrected chi connectivity index (χ4v) is 4.02. The average Bonchev–Trinajstić information content (AvgIpc) is 2.98. The molecule has 122 valence electrons. The van der Waals surface area contributed by atoms with Crippen molar-refractivity contribution in [2.75, 3.05) is 0 Å². The molecule has 2 heterocycles. The molecule has 1 atom stereocenters. The third-order valence-electron chi connectivity index (χ3n) is 5.24. The highest BCUT2D eigenvalue weighted by Crippen LogP contribution is 2.30. The molecule has 4 nitrogen and oxygen atoms in total. The van der Waals surface area contributed by atoms with E-state index in [-0.39, 0.29) is 17.7 Å². The Morgan fingerprint density at radius 2 is 1.95 bits per heavy atom. The van der Waals surface area contributed by atoms with Gasteiger partial charge in [0.15, 0.2) is 0 Å². The van der Waals surface area contributed by atoms with Crippen molar-refractivity contribution < 1.29 is 4.79 Å². The minimum Gasteiger partial charge on any atom is -0.353 e. The highest BCUT2D eigenvalue weighted by Gasteiger charge is 2.32. The largest absolute Gasteiger partial charge is 0.353 e. The Morgan fingerprint density at radius 1 is 1.23 bits per heavy atom. The zero-order valence-corrected chi connectivity index (χ0v) is 14.0. The number of hydrogen-bond donors (Lipinski definition) is 1. The van der Waals surface area contributed by atoms with E-state index in [2.05, 4.69) is 28.7 Å². The summed E-state index contributed by atoms with van der Waals surface area (Å²) < 4.78 is 2.23. The summed E-state index contributed by atoms with van der Waals surface area (Å²) in [6.07, 6.45) is 11.6. The molecule has 1 N–H and O–H groups in total. The molecule has 0 bridgehead atoms. The van der Waals surface area contributed by atoms with E-state index in [1.807, 2.05) is 6.33 Å². The molecular formula is C18H29N3O. The van der Waals surface area contributed by atoms with Gasteiger partial charge in [0.05, 0.1) is 17.9 Å².